The first-order chi connectivity index (χ1) is 7.78. The standard InChI is InChI=1S/C9H17NO7/c1-4(8(14)15)10-3-9(16)7(13)6(12)5(11)2-17-9/h4-7,10-13,16H,2-3H2,1H3,(H,14,15)/t4-,5?,6?,7?,9?/m1/s1. The third kappa shape index (κ3) is 3.12. The van der Waals surface area contributed by atoms with Crippen molar-refractivity contribution in [1.29, 1.82) is 0 Å². The van der Waals surface area contributed by atoms with Crippen LogP contribution in [0.25, 0.3) is 0 Å². The van der Waals surface area contributed by atoms with Gasteiger partial charge >= 0.3 is 5.97 Å². The van der Waals surface area contributed by atoms with E-state index in [4.69, 9.17) is 9.84 Å². The Morgan fingerprint density at radius 3 is 2.65 bits per heavy atom. The van der Waals surface area contributed by atoms with E-state index in [9.17, 15) is 25.2 Å². The van der Waals surface area contributed by atoms with Crippen molar-refractivity contribution in [2.75, 3.05) is 13.2 Å². The van der Waals surface area contributed by atoms with Gasteiger partial charge in [0.05, 0.1) is 13.2 Å². The molecule has 0 saturated carbocycles. The maximum Gasteiger partial charge on any atom is 0.320 e. The number of carboxylic acids is 1. The summed E-state index contributed by atoms with van der Waals surface area (Å²) in [7, 11) is 0. The number of carboxylic acid groups (broad SMARTS) is 1. The van der Waals surface area contributed by atoms with E-state index in [1.807, 2.05) is 0 Å². The van der Waals surface area contributed by atoms with Gasteiger partial charge in [0.25, 0.3) is 0 Å². The minimum absolute atomic E-state index is 0.349. The topological polar surface area (TPSA) is 139 Å². The van der Waals surface area contributed by atoms with Crippen LogP contribution in [0, 0.1) is 0 Å². The molecule has 8 nitrogen and oxygen atoms in total. The molecule has 4 unspecified atom stereocenters. The first-order valence-corrected chi connectivity index (χ1v) is 5.14. The second-order valence-electron chi connectivity index (χ2n) is 4.10. The van der Waals surface area contributed by atoms with Gasteiger partial charge < -0.3 is 30.3 Å². The van der Waals surface area contributed by atoms with Crippen LogP contribution in [0.3, 0.4) is 0 Å². The predicted molar refractivity (Wildman–Crippen MR) is 54.0 cm³/mol. The van der Waals surface area contributed by atoms with Gasteiger partial charge in [-0.25, -0.2) is 0 Å². The molecular weight excluding hydrogens is 234 g/mol. The molecule has 6 N–H and O–H groups in total. The summed E-state index contributed by atoms with van der Waals surface area (Å²) < 4.78 is 4.83. The molecule has 8 heteroatoms. The zero-order chi connectivity index (χ0) is 13.2. The second-order valence-corrected chi connectivity index (χ2v) is 4.10. The minimum atomic E-state index is -2.12. The van der Waals surface area contributed by atoms with E-state index >= 15 is 0 Å². The molecule has 100 valence electrons. The van der Waals surface area contributed by atoms with Crippen molar-refractivity contribution in [3.05, 3.63) is 0 Å². The Kier molecular flexibility index (Phi) is 4.42. The average Bonchev–Trinajstić information content (AvgIpc) is 2.29. The Balaban J connectivity index is 2.59. The second kappa shape index (κ2) is 5.25. The molecular formula is C9H17NO7. The molecule has 1 fully saturated rings. The van der Waals surface area contributed by atoms with Crippen LogP contribution >= 0.6 is 0 Å². The molecule has 0 aromatic carbocycles. The molecule has 1 aliphatic rings. The number of nitrogens with one attached hydrogen (secondary N) is 1. The first kappa shape index (κ1) is 14.3. The molecule has 0 aliphatic carbocycles. The summed E-state index contributed by atoms with van der Waals surface area (Å²) in [4.78, 5) is 10.5. The highest BCUT2D eigenvalue weighted by molar-refractivity contribution is 5.72. The lowest BCUT2D eigenvalue weighted by molar-refractivity contribution is -0.318. The van der Waals surface area contributed by atoms with Crippen molar-refractivity contribution >= 4 is 5.97 Å². The average molecular weight is 251 g/mol. The number of carbonyl (C=O) groups is 1. The molecule has 1 heterocycles. The Morgan fingerprint density at radius 1 is 1.53 bits per heavy atom. The van der Waals surface area contributed by atoms with Gasteiger partial charge in [-0.3, -0.25) is 10.1 Å². The molecule has 0 bridgehead atoms. The van der Waals surface area contributed by atoms with Crippen LogP contribution in [-0.4, -0.2) is 74.8 Å². The summed E-state index contributed by atoms with van der Waals surface area (Å²) in [5.74, 6) is -3.25. The summed E-state index contributed by atoms with van der Waals surface area (Å²) in [6.07, 6.45) is -4.56. The van der Waals surface area contributed by atoms with Gasteiger partial charge in [-0.05, 0) is 6.92 Å². The van der Waals surface area contributed by atoms with E-state index in [0.717, 1.165) is 0 Å². The summed E-state index contributed by atoms with van der Waals surface area (Å²) in [6.45, 7) is 0.620. The van der Waals surface area contributed by atoms with Crippen molar-refractivity contribution in [2.24, 2.45) is 0 Å². The fourth-order valence-electron chi connectivity index (χ4n) is 1.43. The minimum Gasteiger partial charge on any atom is -0.480 e. The van der Waals surface area contributed by atoms with Crippen LogP contribution in [0.1, 0.15) is 6.92 Å². The normalized spacial score (nSPS) is 39.9. The van der Waals surface area contributed by atoms with Gasteiger partial charge in [0, 0.05) is 0 Å². The number of rotatable bonds is 4. The van der Waals surface area contributed by atoms with Gasteiger partial charge in [0.15, 0.2) is 0 Å². The Morgan fingerprint density at radius 2 is 2.12 bits per heavy atom. The van der Waals surface area contributed by atoms with E-state index in [1.165, 1.54) is 6.92 Å². The van der Waals surface area contributed by atoms with Crippen molar-refractivity contribution in [3.63, 3.8) is 0 Å². The molecule has 1 aliphatic heterocycles. The van der Waals surface area contributed by atoms with E-state index in [0.29, 0.717) is 0 Å². The predicted octanol–water partition coefficient (Wildman–Crippen LogP) is -3.15. The molecule has 0 aromatic rings. The third-order valence-electron chi connectivity index (χ3n) is 2.72. The van der Waals surface area contributed by atoms with Crippen LogP contribution in [-0.2, 0) is 9.53 Å². The highest BCUT2D eigenvalue weighted by atomic mass is 16.6. The summed E-state index contributed by atoms with van der Waals surface area (Å²) >= 11 is 0. The summed E-state index contributed by atoms with van der Waals surface area (Å²) in [5.41, 5.74) is 0. The molecule has 0 amide bonds. The molecule has 5 atom stereocenters. The molecule has 1 saturated heterocycles. The lowest BCUT2D eigenvalue weighted by Gasteiger charge is -2.41. The van der Waals surface area contributed by atoms with Crippen molar-refractivity contribution in [2.45, 2.75) is 37.1 Å². The maximum atomic E-state index is 10.5. The van der Waals surface area contributed by atoms with Crippen LogP contribution in [0.2, 0.25) is 0 Å². The van der Waals surface area contributed by atoms with E-state index in [2.05, 4.69) is 5.32 Å². The van der Waals surface area contributed by atoms with Gasteiger partial charge in [-0.15, -0.1) is 0 Å². The zero-order valence-electron chi connectivity index (χ0n) is 9.28. The molecule has 0 spiro atoms. The molecule has 1 rings (SSSR count). The SMILES string of the molecule is C[C@@H](NCC1(O)OCC(O)C(O)C1O)C(=O)O. The van der Waals surface area contributed by atoms with E-state index in [1.54, 1.807) is 0 Å². The van der Waals surface area contributed by atoms with Crippen LogP contribution in [0.5, 0.6) is 0 Å². The Bertz CT molecular complexity index is 287. The van der Waals surface area contributed by atoms with E-state index < -0.39 is 36.1 Å². The smallest absolute Gasteiger partial charge is 0.320 e. The van der Waals surface area contributed by atoms with Crippen LogP contribution in [0.15, 0.2) is 0 Å². The summed E-state index contributed by atoms with van der Waals surface area (Å²) in [6, 6.07) is -0.946. The highest BCUT2D eigenvalue weighted by Crippen LogP contribution is 2.23. The lowest BCUT2D eigenvalue weighted by Crippen LogP contribution is -2.65. The lowest BCUT2D eigenvalue weighted by atomic mass is 9.96. The van der Waals surface area contributed by atoms with E-state index in [-0.39, 0.29) is 13.2 Å². The van der Waals surface area contributed by atoms with Gasteiger partial charge in [0.1, 0.15) is 24.4 Å². The quantitative estimate of drug-likeness (QED) is 0.308. The number of ether oxygens (including phenoxy) is 1. The molecule has 17 heavy (non-hydrogen) atoms. The monoisotopic (exact) mass is 251 g/mol. The van der Waals surface area contributed by atoms with Crippen LogP contribution < -0.4 is 5.32 Å². The fraction of sp³-hybridized carbons (Fsp3) is 0.889. The number of aliphatic hydroxyl groups is 4. The van der Waals surface area contributed by atoms with Crippen LogP contribution in [0.4, 0.5) is 0 Å². The largest absolute Gasteiger partial charge is 0.480 e. The fourth-order valence-corrected chi connectivity index (χ4v) is 1.43. The van der Waals surface area contributed by atoms with Gasteiger partial charge in [-0.2, -0.15) is 0 Å². The first-order valence-electron chi connectivity index (χ1n) is 5.14. The molecule has 0 aromatic heterocycles. The highest BCUT2D eigenvalue weighted by Gasteiger charge is 2.48. The third-order valence-corrected chi connectivity index (χ3v) is 2.72. The number of hydrogen-bond donors (Lipinski definition) is 6. The Hall–Kier alpha value is -0.770. The number of aliphatic hydroxyl groups excluding tert-OH is 3. The van der Waals surface area contributed by atoms with Gasteiger partial charge in [-0.1, -0.05) is 0 Å². The molecule has 0 radical (unpaired) electrons. The Labute approximate surface area is 97.4 Å². The number of aliphatic carboxylic acids is 1. The summed E-state index contributed by atoms with van der Waals surface area (Å²) in [5, 5.41) is 49.0. The maximum absolute atomic E-state index is 10.5. The number of hydrogen-bond acceptors (Lipinski definition) is 7. The van der Waals surface area contributed by atoms with Crippen molar-refractivity contribution < 1.29 is 35.1 Å². The van der Waals surface area contributed by atoms with Gasteiger partial charge in [0.2, 0.25) is 5.79 Å². The van der Waals surface area contributed by atoms with Crippen molar-refractivity contribution in [1.82, 2.24) is 5.32 Å². The zero-order valence-corrected chi connectivity index (χ0v) is 9.28. The van der Waals surface area contributed by atoms with Crippen molar-refractivity contribution in [3.8, 4) is 0 Å².